The molecule has 0 aromatic carbocycles. The molecule has 1 aliphatic carbocycles. The smallest absolute Gasteiger partial charge is 0.0698 e. The van der Waals surface area contributed by atoms with Crippen molar-refractivity contribution in [3.05, 3.63) is 18.0 Å². The van der Waals surface area contributed by atoms with Crippen molar-refractivity contribution in [2.75, 3.05) is 6.54 Å². The molecule has 0 spiro atoms. The second-order valence-electron chi connectivity index (χ2n) is 5.51. The molecule has 3 heteroatoms. The van der Waals surface area contributed by atoms with E-state index >= 15 is 0 Å². The summed E-state index contributed by atoms with van der Waals surface area (Å²) in [7, 11) is 0. The fourth-order valence-corrected chi connectivity index (χ4v) is 2.74. The van der Waals surface area contributed by atoms with Crippen LogP contribution in [0, 0.1) is 5.92 Å². The van der Waals surface area contributed by atoms with Crippen LogP contribution in [0.25, 0.3) is 0 Å². The molecule has 0 amide bonds. The minimum Gasteiger partial charge on any atom is -0.330 e. The lowest BCUT2D eigenvalue weighted by Gasteiger charge is -2.24. The van der Waals surface area contributed by atoms with Crippen LogP contribution in [-0.4, -0.2) is 16.3 Å². The quantitative estimate of drug-likeness (QED) is 0.848. The molecule has 90 valence electrons. The lowest BCUT2D eigenvalue weighted by molar-refractivity contribution is 0.418. The first kappa shape index (κ1) is 11.6. The first-order valence-corrected chi connectivity index (χ1v) is 6.40. The topological polar surface area (TPSA) is 43.8 Å². The maximum atomic E-state index is 5.96. The summed E-state index contributed by atoms with van der Waals surface area (Å²) < 4.78 is 2.07. The summed E-state index contributed by atoms with van der Waals surface area (Å²) in [6.07, 6.45) is 7.12. The molecule has 1 aromatic rings. The van der Waals surface area contributed by atoms with Crippen molar-refractivity contribution in [3.8, 4) is 0 Å². The average molecular weight is 221 g/mol. The van der Waals surface area contributed by atoms with Crippen molar-refractivity contribution >= 4 is 0 Å². The Labute approximate surface area is 98.0 Å². The summed E-state index contributed by atoms with van der Waals surface area (Å²) in [6, 6.07) is 2.17. The first-order valence-electron chi connectivity index (χ1n) is 6.40. The number of hydrogen-bond donors (Lipinski definition) is 1. The highest BCUT2D eigenvalue weighted by Gasteiger charge is 2.36. The Balaban J connectivity index is 2.16. The Morgan fingerprint density at radius 2 is 2.12 bits per heavy atom. The highest BCUT2D eigenvalue weighted by molar-refractivity contribution is 5.18. The molecule has 0 aliphatic heterocycles. The van der Waals surface area contributed by atoms with E-state index in [-0.39, 0.29) is 5.41 Å². The summed E-state index contributed by atoms with van der Waals surface area (Å²) in [6.45, 7) is 6.18. The highest BCUT2D eigenvalue weighted by Crippen LogP contribution is 2.39. The number of nitrogens with zero attached hydrogens (tertiary/aromatic N) is 2. The molecule has 1 fully saturated rings. The van der Waals surface area contributed by atoms with Crippen LogP contribution in [0.4, 0.5) is 0 Å². The van der Waals surface area contributed by atoms with Crippen LogP contribution in [0.1, 0.15) is 45.2 Å². The van der Waals surface area contributed by atoms with Gasteiger partial charge in [-0.15, -0.1) is 0 Å². The zero-order valence-electron chi connectivity index (χ0n) is 10.4. The average Bonchev–Trinajstić information content (AvgIpc) is 2.85. The van der Waals surface area contributed by atoms with Gasteiger partial charge in [0, 0.05) is 24.7 Å². The molecular formula is C13H23N3. The van der Waals surface area contributed by atoms with E-state index in [2.05, 4.69) is 30.8 Å². The molecule has 3 nitrogen and oxygen atoms in total. The molecule has 0 atom stereocenters. The molecule has 0 saturated heterocycles. The Kier molecular flexibility index (Phi) is 3.33. The van der Waals surface area contributed by atoms with Gasteiger partial charge in [-0.25, -0.2) is 0 Å². The van der Waals surface area contributed by atoms with Gasteiger partial charge in [0.15, 0.2) is 0 Å². The van der Waals surface area contributed by atoms with Gasteiger partial charge in [0.2, 0.25) is 0 Å². The number of hydrogen-bond acceptors (Lipinski definition) is 2. The molecule has 1 heterocycles. The van der Waals surface area contributed by atoms with Gasteiger partial charge in [-0.3, -0.25) is 4.68 Å². The molecule has 1 saturated carbocycles. The number of aromatic nitrogens is 2. The summed E-state index contributed by atoms with van der Waals surface area (Å²) in [5, 5.41) is 4.71. The van der Waals surface area contributed by atoms with Gasteiger partial charge >= 0.3 is 0 Å². The fraction of sp³-hybridized carbons (Fsp3) is 0.769. The van der Waals surface area contributed by atoms with Crippen LogP contribution >= 0.6 is 0 Å². The standard InChI is InChI=1S/C13H23N3/c1-11(2)9-16-8-5-12(15-16)13(10-14)6-3-4-7-13/h5,8,11H,3-4,6-7,9-10,14H2,1-2H3. The molecular weight excluding hydrogens is 198 g/mol. The minimum atomic E-state index is 0.183. The molecule has 0 unspecified atom stereocenters. The van der Waals surface area contributed by atoms with Crippen molar-refractivity contribution in [1.82, 2.24) is 9.78 Å². The molecule has 1 aliphatic rings. The predicted molar refractivity (Wildman–Crippen MR) is 66.3 cm³/mol. The maximum Gasteiger partial charge on any atom is 0.0698 e. The minimum absolute atomic E-state index is 0.183. The lowest BCUT2D eigenvalue weighted by Crippen LogP contribution is -2.32. The third-order valence-corrected chi connectivity index (χ3v) is 3.69. The zero-order valence-corrected chi connectivity index (χ0v) is 10.4. The van der Waals surface area contributed by atoms with Gasteiger partial charge in [0.1, 0.15) is 0 Å². The number of rotatable bonds is 4. The summed E-state index contributed by atoms with van der Waals surface area (Å²) in [4.78, 5) is 0. The van der Waals surface area contributed by atoms with Crippen LogP contribution < -0.4 is 5.73 Å². The third kappa shape index (κ3) is 2.14. The molecule has 0 radical (unpaired) electrons. The summed E-state index contributed by atoms with van der Waals surface area (Å²) in [5.41, 5.74) is 7.36. The van der Waals surface area contributed by atoms with Gasteiger partial charge in [-0.05, 0) is 24.8 Å². The molecule has 0 bridgehead atoms. The van der Waals surface area contributed by atoms with Gasteiger partial charge in [-0.1, -0.05) is 26.7 Å². The van der Waals surface area contributed by atoms with E-state index in [4.69, 9.17) is 10.8 Å². The van der Waals surface area contributed by atoms with Crippen LogP contribution in [0.3, 0.4) is 0 Å². The van der Waals surface area contributed by atoms with Gasteiger partial charge < -0.3 is 5.73 Å². The van der Waals surface area contributed by atoms with E-state index in [9.17, 15) is 0 Å². The van der Waals surface area contributed by atoms with Crippen LogP contribution in [0.15, 0.2) is 12.3 Å². The van der Waals surface area contributed by atoms with E-state index in [0.29, 0.717) is 5.92 Å². The Bertz CT molecular complexity index is 335. The van der Waals surface area contributed by atoms with Gasteiger partial charge in [0.25, 0.3) is 0 Å². The maximum absolute atomic E-state index is 5.96. The van der Waals surface area contributed by atoms with Crippen LogP contribution in [0.2, 0.25) is 0 Å². The van der Waals surface area contributed by atoms with Crippen molar-refractivity contribution in [2.24, 2.45) is 11.7 Å². The lowest BCUT2D eigenvalue weighted by atomic mass is 9.83. The zero-order chi connectivity index (χ0) is 11.6. The van der Waals surface area contributed by atoms with E-state index in [1.807, 2.05) is 0 Å². The van der Waals surface area contributed by atoms with E-state index in [1.54, 1.807) is 0 Å². The molecule has 2 N–H and O–H groups in total. The Hall–Kier alpha value is -0.830. The highest BCUT2D eigenvalue weighted by atomic mass is 15.3. The van der Waals surface area contributed by atoms with Gasteiger partial charge in [0.05, 0.1) is 5.69 Å². The third-order valence-electron chi connectivity index (χ3n) is 3.69. The van der Waals surface area contributed by atoms with Crippen molar-refractivity contribution in [2.45, 2.75) is 51.5 Å². The Morgan fingerprint density at radius 1 is 1.44 bits per heavy atom. The molecule has 16 heavy (non-hydrogen) atoms. The van der Waals surface area contributed by atoms with Gasteiger partial charge in [-0.2, -0.15) is 5.10 Å². The SMILES string of the molecule is CC(C)Cn1ccc(C2(CN)CCCC2)n1. The number of nitrogens with two attached hydrogens (primary N) is 1. The predicted octanol–water partition coefficient (Wildman–Crippen LogP) is 2.31. The van der Waals surface area contributed by atoms with Crippen molar-refractivity contribution in [1.29, 1.82) is 0 Å². The first-order chi connectivity index (χ1) is 7.66. The van der Waals surface area contributed by atoms with Crippen LogP contribution in [-0.2, 0) is 12.0 Å². The van der Waals surface area contributed by atoms with Crippen LogP contribution in [0.5, 0.6) is 0 Å². The molecule has 1 aromatic heterocycles. The largest absolute Gasteiger partial charge is 0.330 e. The summed E-state index contributed by atoms with van der Waals surface area (Å²) >= 11 is 0. The second kappa shape index (κ2) is 4.58. The fourth-order valence-electron chi connectivity index (χ4n) is 2.74. The van der Waals surface area contributed by atoms with Crippen molar-refractivity contribution in [3.63, 3.8) is 0 Å². The summed E-state index contributed by atoms with van der Waals surface area (Å²) in [5.74, 6) is 0.644. The second-order valence-corrected chi connectivity index (χ2v) is 5.51. The monoisotopic (exact) mass is 221 g/mol. The normalized spacial score (nSPS) is 19.5. The van der Waals surface area contributed by atoms with Crippen molar-refractivity contribution < 1.29 is 0 Å². The molecule has 2 rings (SSSR count). The van der Waals surface area contributed by atoms with E-state index in [0.717, 1.165) is 13.1 Å². The Morgan fingerprint density at radius 3 is 2.69 bits per heavy atom. The van der Waals surface area contributed by atoms with E-state index < -0.39 is 0 Å². The van der Waals surface area contributed by atoms with E-state index in [1.165, 1.54) is 31.4 Å².